The fraction of sp³-hybridized carbons (Fsp3) is 0.381. The summed E-state index contributed by atoms with van der Waals surface area (Å²) in [6.07, 6.45) is 4.92. The zero-order chi connectivity index (χ0) is 19.9. The lowest BCUT2D eigenvalue weighted by Crippen LogP contribution is -2.45. The standard InChI is InChI=1S/C21H23ClN2O4/c1-2-27-21(26)16-6-3-4-8-18(16)24-19(25)17-7-5-13-23-20(17)28-15-11-9-14(22)10-12-15/h5,7,9-13,16,18H,2-4,6,8H2,1H3,(H,24,25)/t16-,18+/m1/s1. The summed E-state index contributed by atoms with van der Waals surface area (Å²) in [6, 6.07) is 9.87. The first-order valence-electron chi connectivity index (χ1n) is 9.44. The summed E-state index contributed by atoms with van der Waals surface area (Å²) < 4.78 is 10.9. The van der Waals surface area contributed by atoms with Crippen molar-refractivity contribution in [3.8, 4) is 11.6 Å². The van der Waals surface area contributed by atoms with E-state index < -0.39 is 0 Å². The number of ether oxygens (including phenoxy) is 2. The second kappa shape index (κ2) is 9.55. The Hall–Kier alpha value is -2.60. The molecule has 28 heavy (non-hydrogen) atoms. The Morgan fingerprint density at radius 1 is 1.18 bits per heavy atom. The van der Waals surface area contributed by atoms with Gasteiger partial charge in [-0.3, -0.25) is 9.59 Å². The third-order valence-corrected chi connectivity index (χ3v) is 4.97. The molecule has 1 amide bonds. The van der Waals surface area contributed by atoms with Crippen LogP contribution in [-0.2, 0) is 9.53 Å². The molecule has 148 valence electrons. The minimum atomic E-state index is -0.324. The van der Waals surface area contributed by atoms with Gasteiger partial charge in [-0.05, 0) is 56.2 Å². The van der Waals surface area contributed by atoms with Crippen molar-refractivity contribution in [3.05, 3.63) is 53.2 Å². The number of rotatable bonds is 6. The maximum atomic E-state index is 12.9. The van der Waals surface area contributed by atoms with Gasteiger partial charge in [0.05, 0.1) is 12.5 Å². The van der Waals surface area contributed by atoms with Crippen LogP contribution in [0.2, 0.25) is 5.02 Å². The van der Waals surface area contributed by atoms with E-state index in [9.17, 15) is 9.59 Å². The molecule has 1 N–H and O–H groups in total. The number of hydrogen-bond donors (Lipinski definition) is 1. The van der Waals surface area contributed by atoms with Crippen LogP contribution in [0.4, 0.5) is 0 Å². The summed E-state index contributed by atoms with van der Waals surface area (Å²) >= 11 is 5.89. The third-order valence-electron chi connectivity index (χ3n) is 4.72. The van der Waals surface area contributed by atoms with E-state index in [1.807, 2.05) is 0 Å². The summed E-state index contributed by atoms with van der Waals surface area (Å²) in [4.78, 5) is 29.3. The number of carbonyl (C=O) groups is 2. The highest BCUT2D eigenvalue weighted by Crippen LogP contribution is 2.28. The molecular formula is C21H23ClN2O4. The van der Waals surface area contributed by atoms with Crippen LogP contribution in [0.1, 0.15) is 43.0 Å². The van der Waals surface area contributed by atoms with Gasteiger partial charge in [0.25, 0.3) is 5.91 Å². The van der Waals surface area contributed by atoms with Crippen molar-refractivity contribution in [2.45, 2.75) is 38.6 Å². The number of nitrogens with one attached hydrogen (secondary N) is 1. The molecule has 0 bridgehead atoms. The number of carbonyl (C=O) groups excluding carboxylic acids is 2. The van der Waals surface area contributed by atoms with E-state index in [2.05, 4.69) is 10.3 Å². The summed E-state index contributed by atoms with van der Waals surface area (Å²) in [5.41, 5.74) is 0.311. The van der Waals surface area contributed by atoms with E-state index in [1.54, 1.807) is 49.5 Å². The molecule has 6 nitrogen and oxygen atoms in total. The minimum absolute atomic E-state index is 0.200. The Bertz CT molecular complexity index is 825. The number of esters is 1. The zero-order valence-electron chi connectivity index (χ0n) is 15.7. The molecule has 1 fully saturated rings. The molecule has 0 unspecified atom stereocenters. The van der Waals surface area contributed by atoms with E-state index >= 15 is 0 Å². The molecule has 0 spiro atoms. The monoisotopic (exact) mass is 402 g/mol. The van der Waals surface area contributed by atoms with Gasteiger partial charge in [-0.2, -0.15) is 0 Å². The maximum Gasteiger partial charge on any atom is 0.311 e. The van der Waals surface area contributed by atoms with Crippen LogP contribution in [0.15, 0.2) is 42.6 Å². The highest BCUT2D eigenvalue weighted by atomic mass is 35.5. The average Bonchev–Trinajstić information content (AvgIpc) is 2.70. The maximum absolute atomic E-state index is 12.9. The minimum Gasteiger partial charge on any atom is -0.466 e. The first-order valence-corrected chi connectivity index (χ1v) is 9.82. The van der Waals surface area contributed by atoms with Crippen molar-refractivity contribution >= 4 is 23.5 Å². The summed E-state index contributed by atoms with van der Waals surface area (Å²) in [6.45, 7) is 2.11. The Morgan fingerprint density at radius 2 is 1.93 bits per heavy atom. The van der Waals surface area contributed by atoms with Crippen LogP contribution in [0, 0.1) is 5.92 Å². The second-order valence-corrected chi connectivity index (χ2v) is 7.07. The highest BCUT2D eigenvalue weighted by Gasteiger charge is 2.33. The smallest absolute Gasteiger partial charge is 0.311 e. The van der Waals surface area contributed by atoms with Crippen molar-refractivity contribution < 1.29 is 19.1 Å². The van der Waals surface area contributed by atoms with Crippen molar-refractivity contribution in [2.75, 3.05) is 6.61 Å². The second-order valence-electron chi connectivity index (χ2n) is 6.64. The van der Waals surface area contributed by atoms with Crippen LogP contribution < -0.4 is 10.1 Å². The Morgan fingerprint density at radius 3 is 2.68 bits per heavy atom. The lowest BCUT2D eigenvalue weighted by molar-refractivity contribution is -0.150. The van der Waals surface area contributed by atoms with Crippen LogP contribution >= 0.6 is 11.6 Å². The van der Waals surface area contributed by atoms with Crippen LogP contribution in [0.3, 0.4) is 0 Å². The van der Waals surface area contributed by atoms with Crippen molar-refractivity contribution in [1.29, 1.82) is 0 Å². The molecular weight excluding hydrogens is 380 g/mol. The molecule has 2 atom stereocenters. The van der Waals surface area contributed by atoms with Crippen molar-refractivity contribution in [1.82, 2.24) is 10.3 Å². The van der Waals surface area contributed by atoms with Gasteiger partial charge in [0.15, 0.2) is 0 Å². The van der Waals surface area contributed by atoms with E-state index in [1.165, 1.54) is 0 Å². The molecule has 0 radical (unpaired) electrons. The third kappa shape index (κ3) is 5.01. The lowest BCUT2D eigenvalue weighted by atomic mass is 9.84. The molecule has 1 aliphatic carbocycles. The largest absolute Gasteiger partial charge is 0.466 e. The van der Waals surface area contributed by atoms with E-state index in [0.29, 0.717) is 29.4 Å². The van der Waals surface area contributed by atoms with Gasteiger partial charge in [-0.15, -0.1) is 0 Å². The molecule has 1 aromatic carbocycles. The fourth-order valence-electron chi connectivity index (χ4n) is 3.34. The average molecular weight is 403 g/mol. The quantitative estimate of drug-likeness (QED) is 0.725. The van der Waals surface area contributed by atoms with Gasteiger partial charge in [0, 0.05) is 17.3 Å². The molecule has 1 aromatic heterocycles. The predicted molar refractivity (Wildman–Crippen MR) is 106 cm³/mol. The van der Waals surface area contributed by atoms with Gasteiger partial charge in [0.1, 0.15) is 11.3 Å². The van der Waals surface area contributed by atoms with Gasteiger partial charge in [-0.25, -0.2) is 4.98 Å². The van der Waals surface area contributed by atoms with E-state index in [4.69, 9.17) is 21.1 Å². The number of nitrogens with zero attached hydrogens (tertiary/aromatic N) is 1. The Labute approximate surface area is 169 Å². The highest BCUT2D eigenvalue weighted by molar-refractivity contribution is 6.30. The van der Waals surface area contributed by atoms with E-state index in [0.717, 1.165) is 19.3 Å². The number of amides is 1. The molecule has 3 rings (SSSR count). The molecule has 7 heteroatoms. The van der Waals surface area contributed by atoms with Gasteiger partial charge < -0.3 is 14.8 Å². The number of pyridine rings is 1. The zero-order valence-corrected chi connectivity index (χ0v) is 16.4. The number of aromatic nitrogens is 1. The number of benzene rings is 1. The number of halogens is 1. The molecule has 1 heterocycles. The normalized spacial score (nSPS) is 18.9. The lowest BCUT2D eigenvalue weighted by Gasteiger charge is -2.30. The van der Waals surface area contributed by atoms with Crippen molar-refractivity contribution in [3.63, 3.8) is 0 Å². The molecule has 1 saturated carbocycles. The molecule has 0 saturated heterocycles. The van der Waals surface area contributed by atoms with Gasteiger partial charge >= 0.3 is 5.97 Å². The molecule has 0 aliphatic heterocycles. The Balaban J connectivity index is 1.75. The van der Waals surface area contributed by atoms with Crippen LogP contribution in [-0.4, -0.2) is 29.5 Å². The topological polar surface area (TPSA) is 77.5 Å². The van der Waals surface area contributed by atoms with Gasteiger partial charge in [0.2, 0.25) is 5.88 Å². The van der Waals surface area contributed by atoms with Gasteiger partial charge in [-0.1, -0.05) is 24.4 Å². The van der Waals surface area contributed by atoms with Crippen LogP contribution in [0.25, 0.3) is 0 Å². The van der Waals surface area contributed by atoms with Crippen molar-refractivity contribution in [2.24, 2.45) is 5.92 Å². The summed E-state index contributed by atoms with van der Waals surface area (Å²) in [5, 5.41) is 3.57. The first kappa shape index (κ1) is 20.1. The summed E-state index contributed by atoms with van der Waals surface area (Å²) in [5.74, 6) is -0.172. The summed E-state index contributed by atoms with van der Waals surface area (Å²) in [7, 11) is 0. The molecule has 2 aromatic rings. The predicted octanol–water partition coefficient (Wildman–Crippen LogP) is 4.38. The van der Waals surface area contributed by atoms with Crippen LogP contribution in [0.5, 0.6) is 11.6 Å². The fourth-order valence-corrected chi connectivity index (χ4v) is 3.47. The molecule has 1 aliphatic rings. The number of hydrogen-bond acceptors (Lipinski definition) is 5. The van der Waals surface area contributed by atoms with E-state index in [-0.39, 0.29) is 29.7 Å². The first-order chi connectivity index (χ1) is 13.6. The Kier molecular flexibility index (Phi) is 6.87. The SMILES string of the molecule is CCOC(=O)[C@@H]1CCCC[C@@H]1NC(=O)c1cccnc1Oc1ccc(Cl)cc1.